The number of rotatable bonds is 3. The van der Waals surface area contributed by atoms with Gasteiger partial charge in [-0.2, -0.15) is 5.10 Å². The fourth-order valence-electron chi connectivity index (χ4n) is 4.17. The predicted molar refractivity (Wildman–Crippen MR) is 106 cm³/mol. The van der Waals surface area contributed by atoms with Crippen molar-refractivity contribution in [2.45, 2.75) is 19.8 Å². The minimum atomic E-state index is 0.0297. The lowest BCUT2D eigenvalue weighted by Crippen LogP contribution is -2.30. The lowest BCUT2D eigenvalue weighted by Gasteiger charge is -2.18. The maximum atomic E-state index is 13.3. The van der Waals surface area contributed by atoms with Gasteiger partial charge < -0.3 is 10.6 Å². The average Bonchev–Trinajstić information content (AvgIpc) is 3.23. The van der Waals surface area contributed by atoms with Crippen LogP contribution in [0.4, 0.5) is 0 Å². The Morgan fingerprint density at radius 3 is 2.63 bits per heavy atom. The van der Waals surface area contributed by atoms with Crippen LogP contribution in [0, 0.1) is 19.8 Å². The number of carbonyl (C=O) groups excluding carboxylic acids is 1. The molecule has 6 nitrogen and oxygen atoms in total. The van der Waals surface area contributed by atoms with E-state index < -0.39 is 0 Å². The number of hydrogen-bond acceptors (Lipinski definition) is 4. The number of hydrogen-bond donors (Lipinski definition) is 1. The first-order valence-electron chi connectivity index (χ1n) is 9.34. The van der Waals surface area contributed by atoms with Gasteiger partial charge >= 0.3 is 0 Å². The molecule has 1 aromatic carbocycles. The number of amides is 1. The van der Waals surface area contributed by atoms with Crippen molar-refractivity contribution < 1.29 is 4.79 Å². The predicted octanol–water partition coefficient (Wildman–Crippen LogP) is 2.40. The van der Waals surface area contributed by atoms with Gasteiger partial charge in [0.05, 0.1) is 17.0 Å². The highest BCUT2D eigenvalue weighted by Crippen LogP contribution is 2.33. The van der Waals surface area contributed by atoms with Crippen molar-refractivity contribution in [1.82, 2.24) is 19.7 Å². The summed E-state index contributed by atoms with van der Waals surface area (Å²) in [6.45, 7) is 5.77. The van der Waals surface area contributed by atoms with Crippen LogP contribution in [0.25, 0.3) is 11.0 Å². The molecule has 0 aliphatic carbocycles. The minimum Gasteiger partial charge on any atom is -0.338 e. The van der Waals surface area contributed by atoms with E-state index in [1.165, 1.54) is 5.56 Å². The molecule has 140 valence electrons. The van der Waals surface area contributed by atoms with Gasteiger partial charge in [0.1, 0.15) is 0 Å². The van der Waals surface area contributed by atoms with E-state index in [9.17, 15) is 4.79 Å². The third-order valence-electron chi connectivity index (χ3n) is 5.68. The molecule has 1 fully saturated rings. The summed E-state index contributed by atoms with van der Waals surface area (Å²) in [5.74, 6) is 0.577. The Labute approximate surface area is 159 Å². The van der Waals surface area contributed by atoms with E-state index in [-0.39, 0.29) is 17.7 Å². The quantitative estimate of drug-likeness (QED) is 0.775. The number of aryl methyl sites for hydroxylation is 3. The Balaban J connectivity index is 1.66. The van der Waals surface area contributed by atoms with Crippen LogP contribution in [0.2, 0.25) is 0 Å². The molecule has 2 N–H and O–H groups in total. The molecule has 1 amide bonds. The lowest BCUT2D eigenvalue weighted by atomic mass is 9.89. The third kappa shape index (κ3) is 3.00. The SMILES string of the molecule is Cc1nc2c(cc1C(=O)N1C[C@@H](CN)[C@H](c3ccccc3)C1)c(C)nn2C. The number of nitrogens with zero attached hydrogens (tertiary/aromatic N) is 4. The van der Waals surface area contributed by atoms with Crippen molar-refractivity contribution in [1.29, 1.82) is 0 Å². The standard InChI is InChI=1S/C21H25N5O/c1-13-18(9-17-14(2)24-25(3)20(17)23-13)21(27)26-11-16(10-22)19(12-26)15-7-5-4-6-8-15/h4-9,16,19H,10-12,22H2,1-3H3/t16-,19+/m1/s1. The molecule has 1 saturated heterocycles. The largest absolute Gasteiger partial charge is 0.338 e. The van der Waals surface area contributed by atoms with Crippen molar-refractivity contribution in [3.8, 4) is 0 Å². The van der Waals surface area contributed by atoms with E-state index in [1.54, 1.807) is 4.68 Å². The number of pyridine rings is 1. The molecule has 4 rings (SSSR count). The van der Waals surface area contributed by atoms with Gasteiger partial charge in [-0.05, 0) is 37.9 Å². The third-order valence-corrected chi connectivity index (χ3v) is 5.68. The van der Waals surface area contributed by atoms with Gasteiger partial charge in [-0.3, -0.25) is 9.48 Å². The molecule has 0 spiro atoms. The Morgan fingerprint density at radius 2 is 1.93 bits per heavy atom. The van der Waals surface area contributed by atoms with Gasteiger partial charge in [-0.1, -0.05) is 30.3 Å². The van der Waals surface area contributed by atoms with Crippen LogP contribution in [0.5, 0.6) is 0 Å². The molecule has 0 saturated carbocycles. The monoisotopic (exact) mass is 363 g/mol. The highest BCUT2D eigenvalue weighted by Gasteiger charge is 2.36. The Bertz CT molecular complexity index is 995. The maximum Gasteiger partial charge on any atom is 0.255 e. The van der Waals surface area contributed by atoms with Crippen LogP contribution in [-0.4, -0.2) is 45.2 Å². The zero-order chi connectivity index (χ0) is 19.1. The van der Waals surface area contributed by atoms with Crippen molar-refractivity contribution in [2.24, 2.45) is 18.7 Å². The number of likely N-dealkylation sites (tertiary alicyclic amines) is 1. The molecule has 2 aromatic heterocycles. The van der Waals surface area contributed by atoms with Crippen LogP contribution in [0.15, 0.2) is 36.4 Å². The first-order chi connectivity index (χ1) is 13.0. The zero-order valence-corrected chi connectivity index (χ0v) is 16.0. The van der Waals surface area contributed by atoms with Gasteiger partial charge in [0, 0.05) is 31.4 Å². The first-order valence-corrected chi connectivity index (χ1v) is 9.34. The van der Waals surface area contributed by atoms with Gasteiger partial charge in [0.25, 0.3) is 5.91 Å². The summed E-state index contributed by atoms with van der Waals surface area (Å²) < 4.78 is 1.76. The molecule has 0 radical (unpaired) electrons. The molecule has 3 aromatic rings. The van der Waals surface area contributed by atoms with Gasteiger partial charge in [0.15, 0.2) is 5.65 Å². The number of fused-ring (bicyclic) bond motifs is 1. The Hall–Kier alpha value is -2.73. The van der Waals surface area contributed by atoms with Crippen LogP contribution < -0.4 is 5.73 Å². The van der Waals surface area contributed by atoms with E-state index in [1.807, 2.05) is 50.1 Å². The number of carbonyl (C=O) groups is 1. The van der Waals surface area contributed by atoms with Crippen LogP contribution in [0.3, 0.4) is 0 Å². The summed E-state index contributed by atoms with van der Waals surface area (Å²) in [5.41, 5.74) is 10.4. The first kappa shape index (κ1) is 17.7. The van der Waals surface area contributed by atoms with Crippen LogP contribution in [0.1, 0.15) is 33.2 Å². The summed E-state index contributed by atoms with van der Waals surface area (Å²) >= 11 is 0. The molecule has 6 heteroatoms. The smallest absolute Gasteiger partial charge is 0.255 e. The number of benzene rings is 1. The number of nitrogens with two attached hydrogens (primary N) is 1. The number of aromatic nitrogens is 3. The fourth-order valence-corrected chi connectivity index (χ4v) is 4.17. The molecule has 1 aliphatic heterocycles. The summed E-state index contributed by atoms with van der Waals surface area (Å²) in [5, 5.41) is 5.35. The van der Waals surface area contributed by atoms with Crippen molar-refractivity contribution in [3.63, 3.8) is 0 Å². The Kier molecular flexibility index (Phi) is 4.44. The molecule has 0 bridgehead atoms. The highest BCUT2D eigenvalue weighted by atomic mass is 16.2. The normalized spacial score (nSPS) is 19.8. The molecule has 2 atom stereocenters. The second-order valence-corrected chi connectivity index (χ2v) is 7.42. The van der Waals surface area contributed by atoms with E-state index in [4.69, 9.17) is 5.73 Å². The van der Waals surface area contributed by atoms with Crippen LogP contribution >= 0.6 is 0 Å². The fraction of sp³-hybridized carbons (Fsp3) is 0.381. The van der Waals surface area contributed by atoms with E-state index in [2.05, 4.69) is 22.2 Å². The summed E-state index contributed by atoms with van der Waals surface area (Å²) in [4.78, 5) is 19.8. The minimum absolute atomic E-state index is 0.0297. The highest BCUT2D eigenvalue weighted by molar-refractivity contribution is 5.98. The van der Waals surface area contributed by atoms with Crippen LogP contribution in [-0.2, 0) is 7.05 Å². The van der Waals surface area contributed by atoms with E-state index in [0.29, 0.717) is 25.2 Å². The topological polar surface area (TPSA) is 77.0 Å². The van der Waals surface area contributed by atoms with Crippen molar-refractivity contribution >= 4 is 16.9 Å². The molecule has 3 heterocycles. The summed E-state index contributed by atoms with van der Waals surface area (Å²) in [7, 11) is 1.88. The lowest BCUT2D eigenvalue weighted by molar-refractivity contribution is 0.0785. The average molecular weight is 363 g/mol. The summed E-state index contributed by atoms with van der Waals surface area (Å²) in [6.07, 6.45) is 0. The molecule has 27 heavy (non-hydrogen) atoms. The van der Waals surface area contributed by atoms with Gasteiger partial charge in [0.2, 0.25) is 0 Å². The molecule has 0 unspecified atom stereocenters. The van der Waals surface area contributed by atoms with Gasteiger partial charge in [-0.15, -0.1) is 0 Å². The molecular formula is C21H25N5O. The van der Waals surface area contributed by atoms with E-state index in [0.717, 1.165) is 22.4 Å². The maximum absolute atomic E-state index is 13.3. The second kappa shape index (κ2) is 6.78. The summed E-state index contributed by atoms with van der Waals surface area (Å²) in [6, 6.07) is 12.3. The van der Waals surface area contributed by atoms with Crippen molar-refractivity contribution in [3.05, 3.63) is 58.9 Å². The second-order valence-electron chi connectivity index (χ2n) is 7.42. The van der Waals surface area contributed by atoms with Crippen molar-refractivity contribution in [2.75, 3.05) is 19.6 Å². The zero-order valence-electron chi connectivity index (χ0n) is 16.0. The molecule has 1 aliphatic rings. The molecular weight excluding hydrogens is 338 g/mol. The van der Waals surface area contributed by atoms with E-state index >= 15 is 0 Å². The van der Waals surface area contributed by atoms with Gasteiger partial charge in [-0.25, -0.2) is 4.98 Å². The Morgan fingerprint density at radius 1 is 1.19 bits per heavy atom.